The largest absolute Gasteiger partial charge is 0.489 e. The van der Waals surface area contributed by atoms with Crippen LogP contribution >= 0.6 is 23.6 Å². The van der Waals surface area contributed by atoms with Crippen LogP contribution in [0.1, 0.15) is 21.7 Å². The van der Waals surface area contributed by atoms with Crippen LogP contribution in [0.25, 0.3) is 15.5 Å². The molecule has 0 aliphatic carbocycles. The van der Waals surface area contributed by atoms with Crippen LogP contribution < -0.4 is 15.4 Å². The molecule has 1 amide bonds. The zero-order chi connectivity index (χ0) is 24.2. The molecule has 0 aliphatic rings. The highest BCUT2D eigenvalue weighted by Crippen LogP contribution is 2.26. The topological polar surface area (TPSA) is 93.4 Å². The van der Waals surface area contributed by atoms with Gasteiger partial charge in [0.2, 0.25) is 4.96 Å². The van der Waals surface area contributed by atoms with Gasteiger partial charge in [-0.05, 0) is 67.2 Å². The summed E-state index contributed by atoms with van der Waals surface area (Å²) in [6, 6.07) is 24.5. The number of fused-ring (bicyclic) bond motifs is 1. The zero-order valence-corrected chi connectivity index (χ0v) is 20.3. The SMILES string of the molecule is Cc1nnc2sc(-c3ccc(NC(=S)NC(=O)c4cccc(OCc5ccccc5)c4)cc3)nn12. The Morgan fingerprint density at radius 3 is 2.60 bits per heavy atom. The first-order valence-electron chi connectivity index (χ1n) is 10.7. The molecule has 2 N–H and O–H groups in total. The lowest BCUT2D eigenvalue weighted by Gasteiger charge is -2.11. The molecule has 5 aromatic rings. The normalized spacial score (nSPS) is 10.8. The number of benzene rings is 3. The molecule has 0 saturated carbocycles. The van der Waals surface area contributed by atoms with Crippen LogP contribution in [0, 0.1) is 6.92 Å². The summed E-state index contributed by atoms with van der Waals surface area (Å²) in [6.45, 7) is 2.28. The first-order chi connectivity index (χ1) is 17.0. The number of carbonyl (C=O) groups is 1. The van der Waals surface area contributed by atoms with Crippen molar-refractivity contribution >= 4 is 45.2 Å². The predicted molar refractivity (Wildman–Crippen MR) is 140 cm³/mol. The molecule has 8 nitrogen and oxygen atoms in total. The van der Waals surface area contributed by atoms with Gasteiger partial charge in [0.05, 0.1) is 0 Å². The van der Waals surface area contributed by atoms with Gasteiger partial charge < -0.3 is 10.1 Å². The summed E-state index contributed by atoms with van der Waals surface area (Å²) in [7, 11) is 0. The predicted octanol–water partition coefficient (Wildman–Crippen LogP) is 4.87. The van der Waals surface area contributed by atoms with Crippen molar-refractivity contribution in [1.82, 2.24) is 25.1 Å². The van der Waals surface area contributed by atoms with Crippen LogP contribution in [0.5, 0.6) is 5.75 Å². The molecule has 0 bridgehead atoms. The highest BCUT2D eigenvalue weighted by molar-refractivity contribution is 7.80. The maximum atomic E-state index is 12.7. The lowest BCUT2D eigenvalue weighted by Crippen LogP contribution is -2.34. The smallest absolute Gasteiger partial charge is 0.257 e. The minimum Gasteiger partial charge on any atom is -0.489 e. The number of hydrogen-bond donors (Lipinski definition) is 2. The summed E-state index contributed by atoms with van der Waals surface area (Å²) in [5, 5.41) is 19.4. The monoisotopic (exact) mass is 500 g/mol. The van der Waals surface area contributed by atoms with E-state index in [-0.39, 0.29) is 11.0 Å². The first-order valence-corrected chi connectivity index (χ1v) is 12.0. The highest BCUT2D eigenvalue weighted by atomic mass is 32.1. The number of nitrogens with zero attached hydrogens (tertiary/aromatic N) is 4. The van der Waals surface area contributed by atoms with Gasteiger partial charge in [-0.25, -0.2) is 0 Å². The van der Waals surface area contributed by atoms with Crippen LogP contribution in [0.3, 0.4) is 0 Å². The Balaban J connectivity index is 1.18. The number of aromatic nitrogens is 4. The van der Waals surface area contributed by atoms with Crippen molar-refractivity contribution in [3.8, 4) is 16.3 Å². The van der Waals surface area contributed by atoms with Crippen LogP contribution in [0.15, 0.2) is 78.9 Å². The van der Waals surface area contributed by atoms with Gasteiger partial charge in [-0.15, -0.1) is 10.2 Å². The van der Waals surface area contributed by atoms with E-state index in [0.29, 0.717) is 17.9 Å². The fraction of sp³-hybridized carbons (Fsp3) is 0.0800. The number of rotatable bonds is 6. The summed E-state index contributed by atoms with van der Waals surface area (Å²) < 4.78 is 7.53. The second kappa shape index (κ2) is 10.00. The van der Waals surface area contributed by atoms with Crippen molar-refractivity contribution < 1.29 is 9.53 Å². The zero-order valence-electron chi connectivity index (χ0n) is 18.6. The van der Waals surface area contributed by atoms with Gasteiger partial charge in [-0.3, -0.25) is 10.1 Å². The summed E-state index contributed by atoms with van der Waals surface area (Å²) in [5.74, 6) is 1.03. The van der Waals surface area contributed by atoms with Gasteiger partial charge in [0.15, 0.2) is 10.9 Å². The standard InChI is InChI=1S/C25H20N6O2S2/c1-16-28-29-25-31(16)30-23(35-25)18-10-12-20(13-11-18)26-24(34)27-22(32)19-8-5-9-21(14-19)33-15-17-6-3-2-4-7-17/h2-14H,15H2,1H3,(H2,26,27,32,34). The van der Waals surface area contributed by atoms with Gasteiger partial charge in [-0.2, -0.15) is 9.61 Å². The average molecular weight is 501 g/mol. The molecule has 3 aromatic carbocycles. The molecule has 0 spiro atoms. The Hall–Kier alpha value is -4.15. The molecular formula is C25H20N6O2S2. The minimum absolute atomic E-state index is 0.202. The number of anilines is 1. The number of nitrogens with one attached hydrogen (secondary N) is 2. The first kappa shape index (κ1) is 22.6. The van der Waals surface area contributed by atoms with Gasteiger partial charge in [-0.1, -0.05) is 47.7 Å². The summed E-state index contributed by atoms with van der Waals surface area (Å²) >= 11 is 6.79. The Morgan fingerprint density at radius 2 is 1.83 bits per heavy atom. The molecular weight excluding hydrogens is 480 g/mol. The van der Waals surface area contributed by atoms with Crippen molar-refractivity contribution in [2.45, 2.75) is 13.5 Å². The summed E-state index contributed by atoms with van der Waals surface area (Å²) in [4.78, 5) is 13.4. The average Bonchev–Trinajstić information content (AvgIpc) is 3.46. The van der Waals surface area contributed by atoms with Crippen molar-refractivity contribution in [2.75, 3.05) is 5.32 Å². The van der Waals surface area contributed by atoms with E-state index in [4.69, 9.17) is 17.0 Å². The quantitative estimate of drug-likeness (QED) is 0.321. The van der Waals surface area contributed by atoms with E-state index in [1.165, 1.54) is 11.3 Å². The third-order valence-corrected chi connectivity index (χ3v) is 6.26. The fourth-order valence-corrected chi connectivity index (χ4v) is 4.43. The van der Waals surface area contributed by atoms with Crippen molar-refractivity contribution in [1.29, 1.82) is 0 Å². The molecule has 0 unspecified atom stereocenters. The van der Waals surface area contributed by atoms with Gasteiger partial charge in [0.25, 0.3) is 5.91 Å². The van der Waals surface area contributed by atoms with E-state index >= 15 is 0 Å². The number of amides is 1. The Labute approximate surface area is 210 Å². The van der Waals surface area contributed by atoms with Crippen LogP contribution in [-0.4, -0.2) is 30.8 Å². The molecule has 2 aromatic heterocycles. The lowest BCUT2D eigenvalue weighted by molar-refractivity contribution is 0.0977. The number of thiocarbonyl (C=S) groups is 1. The van der Waals surface area contributed by atoms with Crippen molar-refractivity contribution in [3.05, 3.63) is 95.8 Å². The van der Waals surface area contributed by atoms with E-state index in [2.05, 4.69) is 25.9 Å². The molecule has 0 saturated heterocycles. The summed E-state index contributed by atoms with van der Waals surface area (Å²) in [6.07, 6.45) is 0. The molecule has 2 heterocycles. The highest BCUT2D eigenvalue weighted by Gasteiger charge is 2.12. The maximum absolute atomic E-state index is 12.7. The number of aryl methyl sites for hydroxylation is 1. The van der Waals surface area contributed by atoms with E-state index in [1.54, 1.807) is 22.7 Å². The summed E-state index contributed by atoms with van der Waals surface area (Å²) in [5.41, 5.74) is 3.20. The molecule has 0 aliphatic heterocycles. The van der Waals surface area contributed by atoms with E-state index < -0.39 is 0 Å². The molecule has 174 valence electrons. The lowest BCUT2D eigenvalue weighted by atomic mass is 10.2. The Bertz CT molecular complexity index is 1500. The fourth-order valence-electron chi connectivity index (χ4n) is 3.33. The number of hydrogen-bond acceptors (Lipinski definition) is 7. The molecule has 0 atom stereocenters. The van der Waals surface area contributed by atoms with Crippen LogP contribution in [0.2, 0.25) is 0 Å². The molecule has 35 heavy (non-hydrogen) atoms. The van der Waals surface area contributed by atoms with Gasteiger partial charge in [0.1, 0.15) is 17.4 Å². The van der Waals surface area contributed by atoms with Crippen LogP contribution in [0.4, 0.5) is 5.69 Å². The third kappa shape index (κ3) is 5.34. The third-order valence-electron chi connectivity index (χ3n) is 5.11. The van der Waals surface area contributed by atoms with Gasteiger partial charge in [0, 0.05) is 16.8 Å². The maximum Gasteiger partial charge on any atom is 0.257 e. The molecule has 10 heteroatoms. The Kier molecular flexibility index (Phi) is 6.47. The van der Waals surface area contributed by atoms with Crippen molar-refractivity contribution in [2.24, 2.45) is 0 Å². The molecule has 0 fully saturated rings. The van der Waals surface area contributed by atoms with E-state index in [9.17, 15) is 4.79 Å². The molecule has 0 radical (unpaired) electrons. The van der Waals surface area contributed by atoms with Crippen molar-refractivity contribution in [3.63, 3.8) is 0 Å². The molecule has 5 rings (SSSR count). The van der Waals surface area contributed by atoms with E-state index in [1.807, 2.05) is 67.6 Å². The van der Waals surface area contributed by atoms with E-state index in [0.717, 1.165) is 32.6 Å². The minimum atomic E-state index is -0.320. The number of carbonyl (C=O) groups excluding carboxylic acids is 1. The Morgan fingerprint density at radius 1 is 1.03 bits per heavy atom. The second-order valence-corrected chi connectivity index (χ2v) is 9.00. The number of ether oxygens (including phenoxy) is 1. The second-order valence-electron chi connectivity index (χ2n) is 7.64. The van der Waals surface area contributed by atoms with Gasteiger partial charge >= 0.3 is 0 Å². The van der Waals surface area contributed by atoms with Crippen LogP contribution in [-0.2, 0) is 6.61 Å².